The number of carbonyl (C=O) groups excluding carboxylic acids is 1. The van der Waals surface area contributed by atoms with Crippen LogP contribution in [0.4, 0.5) is 0 Å². The number of nitrogens with zero attached hydrogens (tertiary/aromatic N) is 4. The summed E-state index contributed by atoms with van der Waals surface area (Å²) in [6, 6.07) is 12.0. The molecule has 0 aliphatic carbocycles. The molecular weight excluding hydrogens is 338 g/mol. The molecule has 0 aliphatic heterocycles. The normalized spacial score (nSPS) is 11.3. The van der Waals surface area contributed by atoms with Gasteiger partial charge in [-0.2, -0.15) is 5.10 Å². The second-order valence-corrected chi connectivity index (χ2v) is 7.17. The predicted molar refractivity (Wildman–Crippen MR) is 107 cm³/mol. The number of fused-ring (bicyclic) bond motifs is 1. The number of amides is 1. The van der Waals surface area contributed by atoms with Crippen LogP contribution in [0.2, 0.25) is 0 Å². The standard InChI is InChI=1S/C21H27N5O/c1-16(2)15-26-20-18(14-24-26)12-19(13-23-20)21(27)25(11-9-22)10-8-17-6-4-3-5-7-17/h3-7,12-14,16H,8-11,15,22H2,1-2H3. The first-order valence-corrected chi connectivity index (χ1v) is 9.43. The molecule has 0 bridgehead atoms. The summed E-state index contributed by atoms with van der Waals surface area (Å²) in [6.45, 7) is 6.68. The molecule has 0 saturated heterocycles. The minimum atomic E-state index is -0.0395. The topological polar surface area (TPSA) is 77.0 Å². The summed E-state index contributed by atoms with van der Waals surface area (Å²) >= 11 is 0. The van der Waals surface area contributed by atoms with Crippen molar-refractivity contribution in [2.45, 2.75) is 26.8 Å². The second-order valence-electron chi connectivity index (χ2n) is 7.17. The Hall–Kier alpha value is -2.73. The molecule has 0 saturated carbocycles. The highest BCUT2D eigenvalue weighted by molar-refractivity contribution is 5.96. The minimum absolute atomic E-state index is 0.0395. The van der Waals surface area contributed by atoms with E-state index in [0.29, 0.717) is 31.1 Å². The highest BCUT2D eigenvalue weighted by atomic mass is 16.2. The molecule has 1 aromatic carbocycles. The fourth-order valence-electron chi connectivity index (χ4n) is 3.13. The van der Waals surface area contributed by atoms with Crippen LogP contribution in [-0.4, -0.2) is 45.2 Å². The molecule has 0 atom stereocenters. The van der Waals surface area contributed by atoms with E-state index in [1.54, 1.807) is 17.3 Å². The van der Waals surface area contributed by atoms with Crippen LogP contribution in [0.25, 0.3) is 11.0 Å². The van der Waals surface area contributed by atoms with Gasteiger partial charge in [-0.15, -0.1) is 0 Å². The molecule has 6 nitrogen and oxygen atoms in total. The van der Waals surface area contributed by atoms with Crippen molar-refractivity contribution in [1.82, 2.24) is 19.7 Å². The summed E-state index contributed by atoms with van der Waals surface area (Å²) in [5.41, 5.74) is 8.33. The molecule has 0 fully saturated rings. The van der Waals surface area contributed by atoms with E-state index >= 15 is 0 Å². The van der Waals surface area contributed by atoms with Gasteiger partial charge in [0.2, 0.25) is 0 Å². The van der Waals surface area contributed by atoms with Crippen molar-refractivity contribution in [3.8, 4) is 0 Å². The lowest BCUT2D eigenvalue weighted by molar-refractivity contribution is 0.0762. The van der Waals surface area contributed by atoms with E-state index in [-0.39, 0.29) is 5.91 Å². The van der Waals surface area contributed by atoms with Gasteiger partial charge in [-0.25, -0.2) is 9.67 Å². The molecule has 3 aromatic rings. The Labute approximate surface area is 160 Å². The van der Waals surface area contributed by atoms with Crippen LogP contribution in [0, 0.1) is 5.92 Å². The molecule has 0 radical (unpaired) electrons. The molecule has 2 N–H and O–H groups in total. The smallest absolute Gasteiger partial charge is 0.255 e. The Kier molecular flexibility index (Phi) is 6.19. The SMILES string of the molecule is CC(C)Cn1ncc2cc(C(=O)N(CCN)CCc3ccccc3)cnc21. The Morgan fingerprint density at radius 2 is 1.96 bits per heavy atom. The summed E-state index contributed by atoms with van der Waals surface area (Å²) in [4.78, 5) is 19.3. The highest BCUT2D eigenvalue weighted by Crippen LogP contribution is 2.16. The Morgan fingerprint density at radius 3 is 2.67 bits per heavy atom. The summed E-state index contributed by atoms with van der Waals surface area (Å²) < 4.78 is 1.89. The quantitative estimate of drug-likeness (QED) is 0.666. The van der Waals surface area contributed by atoms with Crippen molar-refractivity contribution in [3.63, 3.8) is 0 Å². The van der Waals surface area contributed by atoms with Crippen molar-refractivity contribution < 1.29 is 4.79 Å². The number of pyridine rings is 1. The van der Waals surface area contributed by atoms with Gasteiger partial charge < -0.3 is 10.6 Å². The van der Waals surface area contributed by atoms with Crippen molar-refractivity contribution in [2.24, 2.45) is 11.7 Å². The van der Waals surface area contributed by atoms with Gasteiger partial charge in [-0.05, 0) is 24.0 Å². The third kappa shape index (κ3) is 4.71. The maximum absolute atomic E-state index is 13.0. The molecular formula is C21H27N5O. The molecule has 2 aromatic heterocycles. The lowest BCUT2D eigenvalue weighted by atomic mass is 10.1. The lowest BCUT2D eigenvalue weighted by Gasteiger charge is -2.22. The molecule has 0 spiro atoms. The predicted octanol–water partition coefficient (Wildman–Crippen LogP) is 2.73. The van der Waals surface area contributed by atoms with Gasteiger partial charge >= 0.3 is 0 Å². The molecule has 6 heteroatoms. The number of nitrogens with two attached hydrogens (primary N) is 1. The fraction of sp³-hybridized carbons (Fsp3) is 0.381. The van der Waals surface area contributed by atoms with Gasteiger partial charge in [0.25, 0.3) is 5.91 Å². The number of rotatable bonds is 8. The number of benzene rings is 1. The second kappa shape index (κ2) is 8.77. The summed E-state index contributed by atoms with van der Waals surface area (Å²) in [5.74, 6) is 0.441. The van der Waals surface area contributed by atoms with Crippen LogP contribution in [-0.2, 0) is 13.0 Å². The van der Waals surface area contributed by atoms with Crippen molar-refractivity contribution in [2.75, 3.05) is 19.6 Å². The zero-order chi connectivity index (χ0) is 19.2. The van der Waals surface area contributed by atoms with Crippen LogP contribution < -0.4 is 5.73 Å². The molecule has 0 unspecified atom stereocenters. The molecule has 142 valence electrons. The van der Waals surface area contributed by atoms with E-state index in [1.165, 1.54) is 5.56 Å². The van der Waals surface area contributed by atoms with E-state index < -0.39 is 0 Å². The highest BCUT2D eigenvalue weighted by Gasteiger charge is 2.17. The fourth-order valence-corrected chi connectivity index (χ4v) is 3.13. The van der Waals surface area contributed by atoms with Gasteiger partial charge in [0, 0.05) is 37.8 Å². The molecule has 2 heterocycles. The van der Waals surface area contributed by atoms with Gasteiger partial charge in [-0.1, -0.05) is 44.2 Å². The average molecular weight is 365 g/mol. The lowest BCUT2D eigenvalue weighted by Crippen LogP contribution is -2.37. The minimum Gasteiger partial charge on any atom is -0.337 e. The zero-order valence-electron chi connectivity index (χ0n) is 16.0. The maximum Gasteiger partial charge on any atom is 0.255 e. The number of hydrogen-bond donors (Lipinski definition) is 1. The summed E-state index contributed by atoms with van der Waals surface area (Å²) in [6.07, 6.45) is 4.22. The molecule has 1 amide bonds. The van der Waals surface area contributed by atoms with Crippen molar-refractivity contribution in [1.29, 1.82) is 0 Å². The molecule has 3 rings (SSSR count). The van der Waals surface area contributed by atoms with Gasteiger partial charge in [0.1, 0.15) is 0 Å². The third-order valence-electron chi connectivity index (χ3n) is 4.46. The van der Waals surface area contributed by atoms with Gasteiger partial charge in [-0.3, -0.25) is 4.79 Å². The van der Waals surface area contributed by atoms with E-state index in [4.69, 9.17) is 5.73 Å². The summed E-state index contributed by atoms with van der Waals surface area (Å²) in [7, 11) is 0. The Balaban J connectivity index is 1.76. The Morgan fingerprint density at radius 1 is 1.19 bits per heavy atom. The van der Waals surface area contributed by atoms with Crippen LogP contribution in [0.5, 0.6) is 0 Å². The van der Waals surface area contributed by atoms with Crippen molar-refractivity contribution >= 4 is 16.9 Å². The monoisotopic (exact) mass is 365 g/mol. The van der Waals surface area contributed by atoms with E-state index in [0.717, 1.165) is 24.0 Å². The van der Waals surface area contributed by atoms with E-state index in [2.05, 4.69) is 36.1 Å². The first kappa shape index (κ1) is 19.0. The van der Waals surface area contributed by atoms with E-state index in [9.17, 15) is 4.79 Å². The van der Waals surface area contributed by atoms with Crippen molar-refractivity contribution in [3.05, 3.63) is 59.9 Å². The van der Waals surface area contributed by atoms with Gasteiger partial charge in [0.05, 0.1) is 11.8 Å². The van der Waals surface area contributed by atoms with E-state index in [1.807, 2.05) is 28.9 Å². The van der Waals surface area contributed by atoms with Crippen LogP contribution >= 0.6 is 0 Å². The third-order valence-corrected chi connectivity index (χ3v) is 4.46. The average Bonchev–Trinajstić information content (AvgIpc) is 3.07. The Bertz CT molecular complexity index is 888. The zero-order valence-corrected chi connectivity index (χ0v) is 16.0. The molecule has 27 heavy (non-hydrogen) atoms. The van der Waals surface area contributed by atoms with Crippen LogP contribution in [0.1, 0.15) is 29.8 Å². The van der Waals surface area contributed by atoms with Crippen LogP contribution in [0.3, 0.4) is 0 Å². The number of aromatic nitrogens is 3. The van der Waals surface area contributed by atoms with Gasteiger partial charge in [0.15, 0.2) is 5.65 Å². The first-order valence-electron chi connectivity index (χ1n) is 9.43. The van der Waals surface area contributed by atoms with Crippen LogP contribution in [0.15, 0.2) is 48.8 Å². The maximum atomic E-state index is 13.0. The number of hydrogen-bond acceptors (Lipinski definition) is 4. The molecule has 0 aliphatic rings. The largest absolute Gasteiger partial charge is 0.337 e. The number of carbonyl (C=O) groups is 1. The summed E-state index contributed by atoms with van der Waals surface area (Å²) in [5, 5.41) is 5.29. The first-order chi connectivity index (χ1) is 13.1.